The van der Waals surface area contributed by atoms with Crippen LogP contribution in [0.1, 0.15) is 42.4 Å². The Morgan fingerprint density at radius 2 is 2.00 bits per heavy atom. The summed E-state index contributed by atoms with van der Waals surface area (Å²) in [6.45, 7) is 10.4. The molecular weight excluding hydrogens is 424 g/mol. The van der Waals surface area contributed by atoms with E-state index in [0.29, 0.717) is 17.5 Å². The van der Waals surface area contributed by atoms with E-state index in [4.69, 9.17) is 4.74 Å². The third-order valence-corrected chi connectivity index (χ3v) is 6.31. The number of amides is 1. The lowest BCUT2D eigenvalue weighted by Gasteiger charge is -2.30. The van der Waals surface area contributed by atoms with E-state index in [1.807, 2.05) is 38.3 Å². The van der Waals surface area contributed by atoms with Gasteiger partial charge >= 0.3 is 0 Å². The summed E-state index contributed by atoms with van der Waals surface area (Å²) in [6.07, 6.45) is 2.18. The van der Waals surface area contributed by atoms with Crippen molar-refractivity contribution in [1.82, 2.24) is 29.8 Å². The van der Waals surface area contributed by atoms with E-state index >= 15 is 0 Å². The molecule has 0 aliphatic heterocycles. The lowest BCUT2D eigenvalue weighted by Crippen LogP contribution is -2.38. The summed E-state index contributed by atoms with van der Waals surface area (Å²) in [5.41, 5.74) is 3.70. The van der Waals surface area contributed by atoms with Crippen LogP contribution in [0, 0.1) is 13.8 Å². The van der Waals surface area contributed by atoms with Gasteiger partial charge in [0, 0.05) is 23.5 Å². The Balaban J connectivity index is 1.78. The first kappa shape index (κ1) is 24.0. The number of aromatic nitrogens is 4. The molecule has 172 valence electrons. The Labute approximate surface area is 193 Å². The van der Waals surface area contributed by atoms with Gasteiger partial charge in [-0.1, -0.05) is 37.7 Å². The maximum Gasteiger partial charge on any atom is 0.253 e. The molecule has 1 N–H and O–H groups in total. The first-order valence-corrected chi connectivity index (χ1v) is 12.1. The first-order chi connectivity index (χ1) is 15.4. The standard InChI is InChI=1S/C23H32N6O2S/c1-7-28(8-2)20(17-10-9-11-18(12-17)31-5)14-24-21(30)13-19-15(3)25-22-26-23(32-6)27-29(22)16(19)4/h9-12,20H,7-8,13-14H2,1-6H3,(H,24,30). The predicted octanol–water partition coefficient (Wildman–Crippen LogP) is 3.21. The van der Waals surface area contributed by atoms with Gasteiger partial charge in [-0.05, 0) is 50.9 Å². The average molecular weight is 457 g/mol. The fraction of sp³-hybridized carbons (Fsp3) is 0.478. The molecule has 0 fully saturated rings. The summed E-state index contributed by atoms with van der Waals surface area (Å²) < 4.78 is 7.12. The largest absolute Gasteiger partial charge is 0.497 e. The van der Waals surface area contributed by atoms with Gasteiger partial charge in [-0.2, -0.15) is 4.98 Å². The number of carbonyl (C=O) groups is 1. The number of hydrogen-bond donors (Lipinski definition) is 1. The molecule has 0 aliphatic rings. The summed E-state index contributed by atoms with van der Waals surface area (Å²) in [5, 5.41) is 8.28. The van der Waals surface area contributed by atoms with Crippen LogP contribution in [0.2, 0.25) is 0 Å². The molecule has 3 rings (SSSR count). The number of methoxy groups -OCH3 is 1. The highest BCUT2D eigenvalue weighted by atomic mass is 32.2. The summed E-state index contributed by atoms with van der Waals surface area (Å²) in [4.78, 5) is 24.2. The molecule has 1 aromatic carbocycles. The van der Waals surface area contributed by atoms with Crippen LogP contribution >= 0.6 is 11.8 Å². The van der Waals surface area contributed by atoms with E-state index in [9.17, 15) is 4.79 Å². The van der Waals surface area contributed by atoms with Crippen LogP contribution in [0.3, 0.4) is 0 Å². The third-order valence-electron chi connectivity index (χ3n) is 5.77. The highest BCUT2D eigenvalue weighted by molar-refractivity contribution is 7.98. The highest BCUT2D eigenvalue weighted by Gasteiger charge is 2.21. The van der Waals surface area contributed by atoms with E-state index < -0.39 is 0 Å². The van der Waals surface area contributed by atoms with Crippen LogP contribution in [0.15, 0.2) is 29.4 Å². The molecule has 2 aromatic heterocycles. The van der Waals surface area contributed by atoms with Crippen LogP contribution in [0.25, 0.3) is 5.78 Å². The second-order valence-electron chi connectivity index (χ2n) is 7.57. The zero-order valence-corrected chi connectivity index (χ0v) is 20.5. The molecule has 1 atom stereocenters. The van der Waals surface area contributed by atoms with Crippen LogP contribution in [-0.4, -0.2) is 63.4 Å². The quantitative estimate of drug-likeness (QED) is 0.469. The molecule has 0 bridgehead atoms. The highest BCUT2D eigenvalue weighted by Crippen LogP contribution is 2.24. The second kappa shape index (κ2) is 10.8. The van der Waals surface area contributed by atoms with Gasteiger partial charge in [-0.15, -0.1) is 5.10 Å². The molecule has 8 nitrogen and oxygen atoms in total. The van der Waals surface area contributed by atoms with Crippen molar-refractivity contribution in [3.63, 3.8) is 0 Å². The minimum Gasteiger partial charge on any atom is -0.497 e. The minimum atomic E-state index is -0.0393. The second-order valence-corrected chi connectivity index (χ2v) is 8.34. The van der Waals surface area contributed by atoms with Crippen molar-refractivity contribution in [3.05, 3.63) is 46.8 Å². The number of ether oxygens (including phenoxy) is 1. The third kappa shape index (κ3) is 5.21. The van der Waals surface area contributed by atoms with Gasteiger partial charge < -0.3 is 10.1 Å². The van der Waals surface area contributed by atoms with Gasteiger partial charge in [-0.3, -0.25) is 9.69 Å². The smallest absolute Gasteiger partial charge is 0.253 e. The van der Waals surface area contributed by atoms with Crippen molar-refractivity contribution in [3.8, 4) is 5.75 Å². The van der Waals surface area contributed by atoms with E-state index in [0.717, 1.165) is 41.4 Å². The minimum absolute atomic E-state index is 0.0393. The molecule has 1 amide bonds. The number of thioether (sulfide) groups is 1. The number of carbonyl (C=O) groups excluding carboxylic acids is 1. The fourth-order valence-electron chi connectivity index (χ4n) is 3.94. The van der Waals surface area contributed by atoms with Crippen LogP contribution < -0.4 is 10.1 Å². The van der Waals surface area contributed by atoms with Gasteiger partial charge in [0.1, 0.15) is 5.75 Å². The number of benzene rings is 1. The average Bonchev–Trinajstić information content (AvgIpc) is 3.22. The Morgan fingerprint density at radius 3 is 2.66 bits per heavy atom. The maximum atomic E-state index is 12.9. The zero-order valence-electron chi connectivity index (χ0n) is 19.7. The molecule has 0 radical (unpaired) electrons. The molecule has 3 aromatic rings. The van der Waals surface area contributed by atoms with Crippen molar-refractivity contribution in [2.75, 3.05) is 33.0 Å². The lowest BCUT2D eigenvalue weighted by atomic mass is 10.0. The molecule has 9 heteroatoms. The molecule has 0 saturated carbocycles. The number of nitrogens with one attached hydrogen (secondary N) is 1. The Hall–Kier alpha value is -2.65. The topological polar surface area (TPSA) is 84.7 Å². The van der Waals surface area contributed by atoms with Crippen molar-refractivity contribution in [1.29, 1.82) is 0 Å². The van der Waals surface area contributed by atoms with Gasteiger partial charge in [0.05, 0.1) is 19.6 Å². The molecule has 32 heavy (non-hydrogen) atoms. The van der Waals surface area contributed by atoms with E-state index in [-0.39, 0.29) is 18.4 Å². The van der Waals surface area contributed by atoms with Gasteiger partial charge in [-0.25, -0.2) is 9.50 Å². The summed E-state index contributed by atoms with van der Waals surface area (Å²) in [5.74, 6) is 1.34. The number of fused-ring (bicyclic) bond motifs is 1. The van der Waals surface area contributed by atoms with Crippen LogP contribution in [0.5, 0.6) is 5.75 Å². The van der Waals surface area contributed by atoms with E-state index in [2.05, 4.69) is 45.2 Å². The van der Waals surface area contributed by atoms with Gasteiger partial charge in [0.15, 0.2) is 0 Å². The van der Waals surface area contributed by atoms with Crippen molar-refractivity contribution in [2.45, 2.75) is 45.3 Å². The van der Waals surface area contributed by atoms with Crippen molar-refractivity contribution in [2.24, 2.45) is 0 Å². The molecule has 0 spiro atoms. The molecule has 0 saturated heterocycles. The Morgan fingerprint density at radius 1 is 1.25 bits per heavy atom. The number of likely N-dealkylation sites (N-methyl/N-ethyl adjacent to an activating group) is 1. The monoisotopic (exact) mass is 456 g/mol. The summed E-state index contributed by atoms with van der Waals surface area (Å²) in [6, 6.07) is 8.10. The predicted molar refractivity (Wildman–Crippen MR) is 127 cm³/mol. The molecule has 2 heterocycles. The number of nitrogens with zero attached hydrogens (tertiary/aromatic N) is 5. The molecule has 0 aliphatic carbocycles. The van der Waals surface area contributed by atoms with E-state index in [1.54, 1.807) is 11.6 Å². The Kier molecular flexibility index (Phi) is 8.09. The van der Waals surface area contributed by atoms with Crippen molar-refractivity contribution >= 4 is 23.4 Å². The van der Waals surface area contributed by atoms with Gasteiger partial charge in [0.25, 0.3) is 5.78 Å². The summed E-state index contributed by atoms with van der Waals surface area (Å²) in [7, 11) is 1.67. The van der Waals surface area contributed by atoms with Gasteiger partial charge in [0.2, 0.25) is 11.1 Å². The fourth-order valence-corrected chi connectivity index (χ4v) is 4.27. The van der Waals surface area contributed by atoms with Crippen LogP contribution in [-0.2, 0) is 11.2 Å². The number of rotatable bonds is 10. The number of hydrogen-bond acceptors (Lipinski definition) is 7. The molecular formula is C23H32N6O2S. The van der Waals surface area contributed by atoms with Crippen LogP contribution in [0.4, 0.5) is 0 Å². The van der Waals surface area contributed by atoms with Crippen molar-refractivity contribution < 1.29 is 9.53 Å². The normalized spacial score (nSPS) is 12.3. The SMILES string of the molecule is CCN(CC)C(CNC(=O)Cc1c(C)nc2nc(SC)nn2c1C)c1cccc(OC)c1. The number of aryl methyl sites for hydroxylation is 2. The zero-order chi connectivity index (χ0) is 23.3. The lowest BCUT2D eigenvalue weighted by molar-refractivity contribution is -0.120. The summed E-state index contributed by atoms with van der Waals surface area (Å²) >= 11 is 1.47. The molecule has 1 unspecified atom stereocenters. The maximum absolute atomic E-state index is 12.9. The Bertz CT molecular complexity index is 1080. The van der Waals surface area contributed by atoms with E-state index in [1.165, 1.54) is 11.8 Å². The first-order valence-electron chi connectivity index (χ1n) is 10.8.